The number of nitrogens with one attached hydrogen (secondary N) is 1. The Morgan fingerprint density at radius 2 is 2.04 bits per heavy atom. The molecule has 0 aliphatic rings. The summed E-state index contributed by atoms with van der Waals surface area (Å²) in [5.74, 6) is 1.09. The Kier molecular flexibility index (Phi) is 7.36. The van der Waals surface area contributed by atoms with Crippen molar-refractivity contribution in [3.63, 3.8) is 0 Å². The molecule has 0 unspecified atom stereocenters. The molecule has 0 saturated carbocycles. The van der Waals surface area contributed by atoms with Crippen LogP contribution in [-0.4, -0.2) is 19.6 Å². The molecule has 25 heavy (non-hydrogen) atoms. The third-order valence-corrected chi connectivity index (χ3v) is 3.85. The number of amides is 1. The van der Waals surface area contributed by atoms with E-state index in [1.165, 1.54) is 6.08 Å². The minimum Gasteiger partial charge on any atom is -0.497 e. The van der Waals surface area contributed by atoms with E-state index in [1.807, 2.05) is 24.3 Å². The standard InChI is InChI=1S/C20H22ClNO3/c1-3-4-13-25-19-8-6-5-7-18(19)22-20(23)12-10-15-9-11-16(24-2)14-17(15)21/h5-12,14H,3-4,13H2,1-2H3,(H,22,23)/b12-10+. The monoisotopic (exact) mass is 359 g/mol. The molecule has 2 aromatic carbocycles. The molecule has 0 aliphatic heterocycles. The first kappa shape index (κ1) is 18.9. The van der Waals surface area contributed by atoms with Crippen molar-refractivity contribution in [2.45, 2.75) is 19.8 Å². The van der Waals surface area contributed by atoms with Crippen LogP contribution in [0.5, 0.6) is 11.5 Å². The van der Waals surface area contributed by atoms with Gasteiger partial charge in [0.1, 0.15) is 11.5 Å². The molecule has 4 nitrogen and oxygen atoms in total. The number of ether oxygens (including phenoxy) is 2. The van der Waals surface area contributed by atoms with Crippen molar-refractivity contribution in [2.75, 3.05) is 19.0 Å². The van der Waals surface area contributed by atoms with Crippen molar-refractivity contribution in [3.8, 4) is 11.5 Å². The van der Waals surface area contributed by atoms with Crippen molar-refractivity contribution in [2.24, 2.45) is 0 Å². The van der Waals surface area contributed by atoms with Crippen molar-refractivity contribution < 1.29 is 14.3 Å². The highest BCUT2D eigenvalue weighted by Gasteiger charge is 2.06. The van der Waals surface area contributed by atoms with Gasteiger partial charge in [0.25, 0.3) is 0 Å². The van der Waals surface area contributed by atoms with Crippen LogP contribution in [0, 0.1) is 0 Å². The molecule has 0 bridgehead atoms. The molecule has 1 N–H and O–H groups in total. The van der Waals surface area contributed by atoms with Crippen molar-refractivity contribution in [3.05, 3.63) is 59.1 Å². The van der Waals surface area contributed by atoms with Gasteiger partial charge in [-0.3, -0.25) is 4.79 Å². The lowest BCUT2D eigenvalue weighted by Gasteiger charge is -2.11. The molecule has 0 aromatic heterocycles. The van der Waals surface area contributed by atoms with E-state index in [4.69, 9.17) is 21.1 Å². The van der Waals surface area contributed by atoms with Crippen molar-refractivity contribution in [1.82, 2.24) is 0 Å². The Labute approximate surface area is 153 Å². The SMILES string of the molecule is CCCCOc1ccccc1NC(=O)/C=C/c1ccc(OC)cc1Cl. The molecule has 2 rings (SSSR count). The zero-order valence-corrected chi connectivity index (χ0v) is 15.2. The van der Waals surface area contributed by atoms with Crippen LogP contribution in [-0.2, 0) is 4.79 Å². The number of carbonyl (C=O) groups is 1. The van der Waals surface area contributed by atoms with Crippen LogP contribution in [0.4, 0.5) is 5.69 Å². The largest absolute Gasteiger partial charge is 0.497 e. The number of para-hydroxylation sites is 2. The number of hydrogen-bond acceptors (Lipinski definition) is 3. The van der Waals surface area contributed by atoms with Crippen LogP contribution in [0.1, 0.15) is 25.3 Å². The van der Waals surface area contributed by atoms with Gasteiger partial charge in [0, 0.05) is 6.08 Å². The first-order valence-electron chi connectivity index (χ1n) is 8.18. The quantitative estimate of drug-likeness (QED) is 0.522. The average Bonchev–Trinajstić information content (AvgIpc) is 2.62. The van der Waals surface area contributed by atoms with E-state index in [0.29, 0.717) is 28.8 Å². The number of unbranched alkanes of at least 4 members (excludes halogenated alkanes) is 1. The van der Waals surface area contributed by atoms with Crippen LogP contribution < -0.4 is 14.8 Å². The van der Waals surface area contributed by atoms with Gasteiger partial charge in [-0.05, 0) is 48.4 Å². The molecule has 0 heterocycles. The molecular formula is C20H22ClNO3. The van der Waals surface area contributed by atoms with Gasteiger partial charge in [-0.25, -0.2) is 0 Å². The zero-order chi connectivity index (χ0) is 18.1. The van der Waals surface area contributed by atoms with E-state index in [2.05, 4.69) is 12.2 Å². The third-order valence-electron chi connectivity index (χ3n) is 3.52. The first-order valence-corrected chi connectivity index (χ1v) is 8.56. The fourth-order valence-corrected chi connectivity index (χ4v) is 2.37. The summed E-state index contributed by atoms with van der Waals surface area (Å²) in [4.78, 5) is 12.2. The zero-order valence-electron chi connectivity index (χ0n) is 14.4. The number of methoxy groups -OCH3 is 1. The maximum absolute atomic E-state index is 12.2. The van der Waals surface area contributed by atoms with Crippen LogP contribution in [0.15, 0.2) is 48.5 Å². The molecule has 132 valence electrons. The van der Waals surface area contributed by atoms with Gasteiger partial charge < -0.3 is 14.8 Å². The van der Waals surface area contributed by atoms with Crippen molar-refractivity contribution in [1.29, 1.82) is 0 Å². The lowest BCUT2D eigenvalue weighted by Crippen LogP contribution is -2.09. The second kappa shape index (κ2) is 9.74. The minimum absolute atomic E-state index is 0.251. The van der Waals surface area contributed by atoms with E-state index >= 15 is 0 Å². The first-order chi connectivity index (χ1) is 12.1. The molecule has 5 heteroatoms. The number of anilines is 1. The molecule has 1 amide bonds. The number of carbonyl (C=O) groups excluding carboxylic acids is 1. The van der Waals surface area contributed by atoms with Gasteiger partial charge in [0.05, 0.1) is 24.4 Å². The Balaban J connectivity index is 2.03. The highest BCUT2D eigenvalue weighted by molar-refractivity contribution is 6.32. The molecule has 0 atom stereocenters. The minimum atomic E-state index is -0.251. The molecular weight excluding hydrogens is 338 g/mol. The van der Waals surface area contributed by atoms with Gasteiger partial charge >= 0.3 is 0 Å². The van der Waals surface area contributed by atoms with Gasteiger partial charge in [-0.2, -0.15) is 0 Å². The van der Waals surface area contributed by atoms with Gasteiger partial charge in [0.15, 0.2) is 0 Å². The number of halogens is 1. The predicted molar refractivity (Wildman–Crippen MR) is 103 cm³/mol. The highest BCUT2D eigenvalue weighted by atomic mass is 35.5. The summed E-state index contributed by atoms with van der Waals surface area (Å²) in [5, 5.41) is 3.35. The van der Waals surface area contributed by atoms with E-state index in [1.54, 1.807) is 31.4 Å². The van der Waals surface area contributed by atoms with Crippen LogP contribution in [0.3, 0.4) is 0 Å². The lowest BCUT2D eigenvalue weighted by atomic mass is 10.2. The molecule has 0 fully saturated rings. The van der Waals surface area contributed by atoms with Gasteiger partial charge in [0.2, 0.25) is 5.91 Å². The molecule has 0 spiro atoms. The molecule has 2 aromatic rings. The van der Waals surface area contributed by atoms with Gasteiger partial charge in [-0.15, -0.1) is 0 Å². The van der Waals surface area contributed by atoms with Crippen LogP contribution in [0.25, 0.3) is 6.08 Å². The van der Waals surface area contributed by atoms with E-state index in [0.717, 1.165) is 18.4 Å². The normalized spacial score (nSPS) is 10.7. The fraction of sp³-hybridized carbons (Fsp3) is 0.250. The van der Waals surface area contributed by atoms with Crippen molar-refractivity contribution >= 4 is 29.3 Å². The van der Waals surface area contributed by atoms with Crippen LogP contribution >= 0.6 is 11.6 Å². The predicted octanol–water partition coefficient (Wildman–Crippen LogP) is 5.18. The summed E-state index contributed by atoms with van der Waals surface area (Å²) in [7, 11) is 1.58. The second-order valence-corrected chi connectivity index (χ2v) is 5.82. The highest BCUT2D eigenvalue weighted by Crippen LogP contribution is 2.25. The van der Waals surface area contributed by atoms with E-state index in [-0.39, 0.29) is 5.91 Å². The number of rotatable bonds is 8. The summed E-state index contributed by atoms with van der Waals surface area (Å²) >= 11 is 6.17. The average molecular weight is 360 g/mol. The third kappa shape index (κ3) is 5.84. The lowest BCUT2D eigenvalue weighted by molar-refractivity contribution is -0.111. The summed E-state index contributed by atoms with van der Waals surface area (Å²) in [6, 6.07) is 12.7. The fourth-order valence-electron chi connectivity index (χ4n) is 2.13. The Bertz CT molecular complexity index is 743. The summed E-state index contributed by atoms with van der Waals surface area (Å²) < 4.78 is 10.8. The van der Waals surface area contributed by atoms with E-state index in [9.17, 15) is 4.79 Å². The Morgan fingerprint density at radius 3 is 2.76 bits per heavy atom. The molecule has 0 radical (unpaired) electrons. The second-order valence-electron chi connectivity index (χ2n) is 5.41. The summed E-state index contributed by atoms with van der Waals surface area (Å²) in [6.45, 7) is 2.73. The maximum Gasteiger partial charge on any atom is 0.248 e. The summed E-state index contributed by atoms with van der Waals surface area (Å²) in [6.07, 6.45) is 5.13. The maximum atomic E-state index is 12.2. The number of hydrogen-bond donors (Lipinski definition) is 1. The van der Waals surface area contributed by atoms with Crippen LogP contribution in [0.2, 0.25) is 5.02 Å². The topological polar surface area (TPSA) is 47.6 Å². The van der Waals surface area contributed by atoms with E-state index < -0.39 is 0 Å². The number of benzene rings is 2. The Hall–Kier alpha value is -2.46. The Morgan fingerprint density at radius 1 is 1.24 bits per heavy atom. The molecule has 0 aliphatic carbocycles. The molecule has 0 saturated heterocycles. The van der Waals surface area contributed by atoms with Gasteiger partial charge in [-0.1, -0.05) is 37.1 Å². The smallest absolute Gasteiger partial charge is 0.248 e. The summed E-state index contributed by atoms with van der Waals surface area (Å²) in [5.41, 5.74) is 1.39.